The molecule has 2 aromatic rings. The van der Waals surface area contributed by atoms with E-state index in [1.807, 2.05) is 10.6 Å². The van der Waals surface area contributed by atoms with Crippen LogP contribution in [0.2, 0.25) is 5.15 Å². The minimum Gasteiger partial charge on any atom is -0.378 e. The average molecular weight is 358 g/mol. The lowest BCUT2D eigenvalue weighted by molar-refractivity contribution is 0.123. The van der Waals surface area contributed by atoms with Gasteiger partial charge in [-0.2, -0.15) is 5.10 Å². The van der Waals surface area contributed by atoms with Crippen LogP contribution in [0, 0.1) is 0 Å². The Balaban J connectivity index is 1.88. The molecule has 0 bridgehead atoms. The molecule has 4 rings (SSSR count). The number of anilines is 1. The van der Waals surface area contributed by atoms with Crippen molar-refractivity contribution in [2.24, 2.45) is 0 Å². The van der Waals surface area contributed by atoms with Gasteiger partial charge in [-0.15, -0.1) is 0 Å². The number of rotatable bonds is 2. The van der Waals surface area contributed by atoms with E-state index >= 15 is 0 Å². The summed E-state index contributed by atoms with van der Waals surface area (Å²) in [6.07, 6.45) is 2.42. The Bertz CT molecular complexity index is 664. The summed E-state index contributed by atoms with van der Waals surface area (Å²) in [7, 11) is 0. The van der Waals surface area contributed by atoms with Crippen LogP contribution in [0.1, 0.15) is 24.5 Å². The maximum Gasteiger partial charge on any atom is 0.178 e. The molecule has 1 saturated heterocycles. The van der Waals surface area contributed by atoms with E-state index in [1.54, 1.807) is 0 Å². The predicted octanol–water partition coefficient (Wildman–Crippen LogP) is 2.86. The zero-order chi connectivity index (χ0) is 13.7. The smallest absolute Gasteiger partial charge is 0.178 e. The molecule has 0 amide bonds. The number of hydrogen-bond acceptors (Lipinski definition) is 4. The van der Waals surface area contributed by atoms with Crippen LogP contribution in [-0.2, 0) is 4.74 Å². The average Bonchev–Trinajstić information content (AvgIpc) is 3.25. The molecule has 20 heavy (non-hydrogen) atoms. The number of hydrogen-bond donors (Lipinski definition) is 0. The van der Waals surface area contributed by atoms with E-state index in [0.29, 0.717) is 11.1 Å². The molecule has 2 aromatic heterocycles. The van der Waals surface area contributed by atoms with Crippen LogP contribution in [0.25, 0.3) is 5.65 Å². The second-order valence-electron chi connectivity index (χ2n) is 5.25. The first-order chi connectivity index (χ1) is 9.74. The largest absolute Gasteiger partial charge is 0.378 e. The molecule has 2 aliphatic rings. The number of fused-ring (bicyclic) bond motifs is 1. The van der Waals surface area contributed by atoms with E-state index in [2.05, 4.69) is 25.9 Å². The van der Waals surface area contributed by atoms with Gasteiger partial charge in [0.1, 0.15) is 4.60 Å². The lowest BCUT2D eigenvalue weighted by atomic mass is 10.3. The van der Waals surface area contributed by atoms with E-state index < -0.39 is 0 Å². The van der Waals surface area contributed by atoms with Crippen molar-refractivity contribution in [1.82, 2.24) is 14.6 Å². The Morgan fingerprint density at radius 3 is 2.75 bits per heavy atom. The van der Waals surface area contributed by atoms with Gasteiger partial charge in [0.05, 0.1) is 24.6 Å². The molecular formula is C13H14BrClN4O. The van der Waals surface area contributed by atoms with E-state index in [4.69, 9.17) is 21.3 Å². The van der Waals surface area contributed by atoms with E-state index in [1.165, 1.54) is 12.8 Å². The van der Waals surface area contributed by atoms with Gasteiger partial charge in [-0.3, -0.25) is 0 Å². The van der Waals surface area contributed by atoms with Crippen molar-refractivity contribution in [1.29, 1.82) is 0 Å². The molecular weight excluding hydrogens is 344 g/mol. The second-order valence-corrected chi connectivity index (χ2v) is 6.39. The summed E-state index contributed by atoms with van der Waals surface area (Å²) in [5, 5.41) is 4.86. The molecule has 2 fully saturated rings. The lowest BCUT2D eigenvalue weighted by Gasteiger charge is -2.28. The molecule has 106 valence electrons. The Labute approximate surface area is 130 Å². The summed E-state index contributed by atoms with van der Waals surface area (Å²) in [6.45, 7) is 3.20. The highest BCUT2D eigenvalue weighted by atomic mass is 79.9. The minimum atomic E-state index is 0.486. The second kappa shape index (κ2) is 4.86. The van der Waals surface area contributed by atoms with Crippen molar-refractivity contribution >= 4 is 38.9 Å². The van der Waals surface area contributed by atoms with Crippen LogP contribution >= 0.6 is 27.5 Å². The highest BCUT2D eigenvalue weighted by Gasteiger charge is 2.31. The molecule has 7 heteroatoms. The fraction of sp³-hybridized carbons (Fsp3) is 0.538. The number of morpholine rings is 1. The molecule has 5 nitrogen and oxygen atoms in total. The molecule has 0 spiro atoms. The van der Waals surface area contributed by atoms with Gasteiger partial charge >= 0.3 is 0 Å². The molecule has 0 unspecified atom stereocenters. The molecule has 0 radical (unpaired) electrons. The Hall–Kier alpha value is -0.850. The van der Waals surface area contributed by atoms with E-state index in [-0.39, 0.29) is 0 Å². The molecule has 3 heterocycles. The first kappa shape index (κ1) is 12.9. The molecule has 1 aliphatic carbocycles. The number of imidazole rings is 1. The molecule has 0 N–H and O–H groups in total. The van der Waals surface area contributed by atoms with Crippen LogP contribution in [0.3, 0.4) is 0 Å². The lowest BCUT2D eigenvalue weighted by Crippen LogP contribution is -2.36. The highest BCUT2D eigenvalue weighted by molar-refractivity contribution is 9.10. The van der Waals surface area contributed by atoms with Gasteiger partial charge in [0.25, 0.3) is 0 Å². The van der Waals surface area contributed by atoms with Crippen LogP contribution in [0.5, 0.6) is 0 Å². The fourth-order valence-corrected chi connectivity index (χ4v) is 3.46. The van der Waals surface area contributed by atoms with Gasteiger partial charge in [-0.05, 0) is 28.8 Å². The van der Waals surface area contributed by atoms with Crippen LogP contribution in [0.4, 0.5) is 5.69 Å². The van der Waals surface area contributed by atoms with Crippen molar-refractivity contribution in [2.45, 2.75) is 18.8 Å². The van der Waals surface area contributed by atoms with Gasteiger partial charge in [-0.1, -0.05) is 11.6 Å². The minimum absolute atomic E-state index is 0.486. The van der Waals surface area contributed by atoms with Gasteiger partial charge in [0.2, 0.25) is 0 Å². The van der Waals surface area contributed by atoms with Crippen molar-refractivity contribution < 1.29 is 4.74 Å². The quantitative estimate of drug-likeness (QED) is 0.829. The fourth-order valence-electron chi connectivity index (χ4n) is 2.62. The summed E-state index contributed by atoms with van der Waals surface area (Å²) in [5.74, 6) is 0.572. The molecule has 0 atom stereocenters. The molecule has 1 aliphatic heterocycles. The summed E-state index contributed by atoms with van der Waals surface area (Å²) >= 11 is 9.80. The Morgan fingerprint density at radius 1 is 1.30 bits per heavy atom. The normalized spacial score (nSPS) is 19.8. The first-order valence-electron chi connectivity index (χ1n) is 6.81. The molecule has 1 saturated carbocycles. The van der Waals surface area contributed by atoms with Crippen LogP contribution < -0.4 is 4.90 Å². The third kappa shape index (κ3) is 2.10. The van der Waals surface area contributed by atoms with E-state index in [0.717, 1.165) is 47.9 Å². The predicted molar refractivity (Wildman–Crippen MR) is 80.7 cm³/mol. The van der Waals surface area contributed by atoms with Crippen molar-refractivity contribution in [2.75, 3.05) is 31.2 Å². The highest BCUT2D eigenvalue weighted by Crippen LogP contribution is 2.43. The third-order valence-corrected chi connectivity index (χ3v) is 4.75. The van der Waals surface area contributed by atoms with E-state index in [9.17, 15) is 0 Å². The van der Waals surface area contributed by atoms with Crippen molar-refractivity contribution in [3.63, 3.8) is 0 Å². The van der Waals surface area contributed by atoms with Crippen molar-refractivity contribution in [3.8, 4) is 0 Å². The van der Waals surface area contributed by atoms with Crippen molar-refractivity contribution in [3.05, 3.63) is 21.5 Å². The molecule has 0 aromatic carbocycles. The maximum atomic E-state index is 6.18. The number of nitrogens with zero attached hydrogens (tertiary/aromatic N) is 4. The first-order valence-corrected chi connectivity index (χ1v) is 7.98. The van der Waals surface area contributed by atoms with Crippen LogP contribution in [0.15, 0.2) is 10.7 Å². The Kier molecular flexibility index (Phi) is 3.12. The Morgan fingerprint density at radius 2 is 2.05 bits per heavy atom. The summed E-state index contributed by atoms with van der Waals surface area (Å²) in [4.78, 5) is 7.07. The monoisotopic (exact) mass is 356 g/mol. The maximum absolute atomic E-state index is 6.18. The van der Waals surface area contributed by atoms with Gasteiger partial charge in [0.15, 0.2) is 10.8 Å². The topological polar surface area (TPSA) is 42.7 Å². The SMILES string of the molecule is Clc1cc(N2CCOCC2)c2nc(C3CC3)c(Br)n2n1. The summed E-state index contributed by atoms with van der Waals surface area (Å²) < 4.78 is 8.17. The standard InChI is InChI=1S/C13H14BrClN4O/c14-12-11(8-1-2-8)16-13-9(7-10(15)17-19(12)13)18-3-5-20-6-4-18/h7-8H,1-6H2. The van der Waals surface area contributed by atoms with Gasteiger partial charge < -0.3 is 9.64 Å². The third-order valence-electron chi connectivity index (χ3n) is 3.82. The van der Waals surface area contributed by atoms with Crippen LogP contribution in [-0.4, -0.2) is 40.9 Å². The number of halogens is 2. The zero-order valence-corrected chi connectivity index (χ0v) is 13.2. The van der Waals surface area contributed by atoms with Gasteiger partial charge in [0, 0.05) is 25.1 Å². The van der Waals surface area contributed by atoms with Gasteiger partial charge in [-0.25, -0.2) is 9.50 Å². The number of ether oxygens (including phenoxy) is 1. The summed E-state index contributed by atoms with van der Waals surface area (Å²) in [6, 6.07) is 1.90. The zero-order valence-electron chi connectivity index (χ0n) is 10.9. The number of aromatic nitrogens is 3. The summed E-state index contributed by atoms with van der Waals surface area (Å²) in [5.41, 5.74) is 3.03.